The van der Waals surface area contributed by atoms with E-state index in [1.165, 1.54) is 18.2 Å². The number of hydrogen-bond donors (Lipinski definition) is 2. The third-order valence-corrected chi connectivity index (χ3v) is 3.15. The lowest BCUT2D eigenvalue weighted by Crippen LogP contribution is -2.15. The zero-order valence-electron chi connectivity index (χ0n) is 11.3. The summed E-state index contributed by atoms with van der Waals surface area (Å²) in [5.41, 5.74) is 6.89. The third-order valence-electron chi connectivity index (χ3n) is 3.15. The van der Waals surface area contributed by atoms with Gasteiger partial charge in [-0.05, 0) is 30.3 Å². The summed E-state index contributed by atoms with van der Waals surface area (Å²) >= 11 is 0. The van der Waals surface area contributed by atoms with Crippen LogP contribution in [0.2, 0.25) is 0 Å². The monoisotopic (exact) mass is 284 g/mol. The van der Waals surface area contributed by atoms with E-state index in [9.17, 15) is 9.18 Å². The smallest absolute Gasteiger partial charge is 0.260 e. The number of fused-ring (bicyclic) bond motifs is 1. The van der Waals surface area contributed by atoms with Crippen molar-refractivity contribution in [3.63, 3.8) is 0 Å². The first-order chi connectivity index (χ1) is 10.0. The lowest BCUT2D eigenvalue weighted by molar-refractivity contribution is 0.102. The lowest BCUT2D eigenvalue weighted by atomic mass is 10.1. The van der Waals surface area contributed by atoms with Gasteiger partial charge in [-0.25, -0.2) is 4.39 Å². The van der Waals surface area contributed by atoms with E-state index >= 15 is 0 Å². The first-order valence-corrected chi connectivity index (χ1v) is 6.33. The van der Waals surface area contributed by atoms with Crippen molar-refractivity contribution in [2.45, 2.75) is 0 Å². The summed E-state index contributed by atoms with van der Waals surface area (Å²) in [7, 11) is 1.82. The number of rotatable bonds is 2. The van der Waals surface area contributed by atoms with E-state index in [1.54, 1.807) is 16.8 Å². The van der Waals surface area contributed by atoms with Crippen molar-refractivity contribution < 1.29 is 9.18 Å². The number of nitrogen functional groups attached to an aromatic ring is 1. The highest BCUT2D eigenvalue weighted by atomic mass is 19.1. The number of carbonyl (C=O) groups excluding carboxylic acids is 1. The largest absolute Gasteiger partial charge is 0.398 e. The Kier molecular flexibility index (Phi) is 3.06. The number of benzene rings is 2. The standard InChI is InChI=1S/C15H13FN4O/c1-20-8-9-5-6-10(7-13(9)19-20)18-15(21)14-11(16)3-2-4-12(14)17/h2-8H,17H2,1H3,(H,18,21). The molecule has 3 aromatic rings. The van der Waals surface area contributed by atoms with E-state index in [0.29, 0.717) is 5.69 Å². The summed E-state index contributed by atoms with van der Waals surface area (Å²) in [4.78, 5) is 12.1. The van der Waals surface area contributed by atoms with Gasteiger partial charge in [0.2, 0.25) is 0 Å². The molecule has 0 fully saturated rings. The fourth-order valence-corrected chi connectivity index (χ4v) is 2.19. The number of nitrogens with one attached hydrogen (secondary N) is 1. The van der Waals surface area contributed by atoms with Gasteiger partial charge in [-0.2, -0.15) is 5.10 Å². The number of aryl methyl sites for hydroxylation is 1. The molecular weight excluding hydrogens is 271 g/mol. The Morgan fingerprint density at radius 3 is 2.90 bits per heavy atom. The van der Waals surface area contributed by atoms with Crippen molar-refractivity contribution in [2.24, 2.45) is 7.05 Å². The Morgan fingerprint density at radius 2 is 2.14 bits per heavy atom. The first kappa shape index (κ1) is 13.1. The maximum Gasteiger partial charge on any atom is 0.260 e. The SMILES string of the molecule is Cn1cc2ccc(NC(=O)c3c(N)cccc3F)cc2n1. The molecule has 5 nitrogen and oxygen atoms in total. The van der Waals surface area contributed by atoms with Crippen LogP contribution in [0.3, 0.4) is 0 Å². The van der Waals surface area contributed by atoms with E-state index in [-0.39, 0.29) is 11.3 Å². The summed E-state index contributed by atoms with van der Waals surface area (Å²) in [6, 6.07) is 9.44. The topological polar surface area (TPSA) is 72.9 Å². The molecular formula is C15H13FN4O. The number of hydrogen-bond acceptors (Lipinski definition) is 3. The molecule has 1 aromatic heterocycles. The first-order valence-electron chi connectivity index (χ1n) is 6.33. The van der Waals surface area contributed by atoms with Crippen LogP contribution in [0.25, 0.3) is 10.9 Å². The maximum atomic E-state index is 13.7. The van der Waals surface area contributed by atoms with Gasteiger partial charge in [0.25, 0.3) is 5.91 Å². The van der Waals surface area contributed by atoms with Gasteiger partial charge in [-0.1, -0.05) is 6.07 Å². The van der Waals surface area contributed by atoms with Crippen molar-refractivity contribution in [1.82, 2.24) is 9.78 Å². The zero-order chi connectivity index (χ0) is 15.0. The highest BCUT2D eigenvalue weighted by Gasteiger charge is 2.15. The number of anilines is 2. The van der Waals surface area contributed by atoms with E-state index in [0.717, 1.165) is 10.9 Å². The fourth-order valence-electron chi connectivity index (χ4n) is 2.19. The summed E-state index contributed by atoms with van der Waals surface area (Å²) in [5, 5.41) is 7.85. The molecule has 0 saturated carbocycles. The summed E-state index contributed by atoms with van der Waals surface area (Å²) in [6.45, 7) is 0. The van der Waals surface area contributed by atoms with E-state index < -0.39 is 11.7 Å². The molecule has 0 bridgehead atoms. The summed E-state index contributed by atoms with van der Waals surface area (Å²) in [5.74, 6) is -1.23. The van der Waals surface area contributed by atoms with Gasteiger partial charge in [0.15, 0.2) is 0 Å². The molecule has 0 aliphatic heterocycles. The second-order valence-corrected chi connectivity index (χ2v) is 4.73. The molecule has 0 unspecified atom stereocenters. The average Bonchev–Trinajstić information content (AvgIpc) is 2.77. The Labute approximate surface area is 120 Å². The number of nitrogens with zero attached hydrogens (tertiary/aromatic N) is 2. The highest BCUT2D eigenvalue weighted by molar-refractivity contribution is 6.08. The lowest BCUT2D eigenvalue weighted by Gasteiger charge is -2.08. The van der Waals surface area contributed by atoms with Gasteiger partial charge >= 0.3 is 0 Å². The summed E-state index contributed by atoms with van der Waals surface area (Å²) in [6.07, 6.45) is 1.87. The second kappa shape index (κ2) is 4.90. The van der Waals surface area contributed by atoms with Crippen LogP contribution in [-0.2, 0) is 7.05 Å². The normalized spacial score (nSPS) is 10.8. The van der Waals surface area contributed by atoms with Crippen LogP contribution in [-0.4, -0.2) is 15.7 Å². The van der Waals surface area contributed by atoms with Crippen LogP contribution in [0.4, 0.5) is 15.8 Å². The zero-order valence-corrected chi connectivity index (χ0v) is 11.3. The van der Waals surface area contributed by atoms with Gasteiger partial charge in [0.1, 0.15) is 5.82 Å². The van der Waals surface area contributed by atoms with E-state index in [1.807, 2.05) is 19.3 Å². The van der Waals surface area contributed by atoms with Crippen LogP contribution in [0.15, 0.2) is 42.6 Å². The summed E-state index contributed by atoms with van der Waals surface area (Å²) < 4.78 is 15.4. The minimum atomic E-state index is -0.647. The molecule has 0 aliphatic rings. The van der Waals surface area contributed by atoms with Crippen molar-refractivity contribution in [2.75, 3.05) is 11.1 Å². The number of halogens is 1. The quantitative estimate of drug-likeness (QED) is 0.710. The van der Waals surface area contributed by atoms with Crippen LogP contribution in [0.1, 0.15) is 10.4 Å². The molecule has 6 heteroatoms. The minimum Gasteiger partial charge on any atom is -0.398 e. The molecule has 0 saturated heterocycles. The van der Waals surface area contributed by atoms with Crippen LogP contribution >= 0.6 is 0 Å². The molecule has 3 N–H and O–H groups in total. The van der Waals surface area contributed by atoms with E-state index in [4.69, 9.17) is 5.73 Å². The highest BCUT2D eigenvalue weighted by Crippen LogP contribution is 2.20. The molecule has 3 rings (SSSR count). The van der Waals surface area contributed by atoms with Crippen molar-refractivity contribution in [3.05, 3.63) is 54.0 Å². The van der Waals surface area contributed by atoms with Gasteiger partial charge < -0.3 is 11.1 Å². The second-order valence-electron chi connectivity index (χ2n) is 4.73. The van der Waals surface area contributed by atoms with Crippen molar-refractivity contribution in [3.8, 4) is 0 Å². The Bertz CT molecular complexity index is 821. The molecule has 1 amide bonds. The molecule has 0 aliphatic carbocycles. The van der Waals surface area contributed by atoms with Gasteiger partial charge in [0.05, 0.1) is 11.1 Å². The predicted molar refractivity (Wildman–Crippen MR) is 79.5 cm³/mol. The van der Waals surface area contributed by atoms with Gasteiger partial charge in [-0.3, -0.25) is 9.48 Å². The maximum absolute atomic E-state index is 13.7. The molecule has 0 radical (unpaired) electrons. The predicted octanol–water partition coefficient (Wildman–Crippen LogP) is 2.55. The molecule has 0 spiro atoms. The Hall–Kier alpha value is -2.89. The Morgan fingerprint density at radius 1 is 1.33 bits per heavy atom. The van der Waals surface area contributed by atoms with E-state index in [2.05, 4.69) is 10.4 Å². The number of amides is 1. The molecule has 0 atom stereocenters. The third kappa shape index (κ3) is 2.43. The minimum absolute atomic E-state index is 0.103. The Balaban J connectivity index is 1.92. The average molecular weight is 284 g/mol. The number of aromatic nitrogens is 2. The molecule has 2 aromatic carbocycles. The van der Waals surface area contributed by atoms with Crippen LogP contribution in [0.5, 0.6) is 0 Å². The molecule has 1 heterocycles. The number of nitrogens with two attached hydrogens (primary N) is 1. The molecule has 21 heavy (non-hydrogen) atoms. The fraction of sp³-hybridized carbons (Fsp3) is 0.0667. The van der Waals surface area contributed by atoms with Crippen molar-refractivity contribution in [1.29, 1.82) is 0 Å². The van der Waals surface area contributed by atoms with Gasteiger partial charge in [-0.15, -0.1) is 0 Å². The van der Waals surface area contributed by atoms with Crippen LogP contribution < -0.4 is 11.1 Å². The number of carbonyl (C=O) groups is 1. The van der Waals surface area contributed by atoms with Crippen molar-refractivity contribution >= 4 is 28.2 Å². The van der Waals surface area contributed by atoms with Crippen LogP contribution in [0, 0.1) is 5.82 Å². The molecule has 106 valence electrons. The van der Waals surface area contributed by atoms with Gasteiger partial charge in [0, 0.05) is 30.0 Å².